The molecule has 0 aliphatic heterocycles. The number of carboxylic acid groups (broad SMARTS) is 1. The first-order valence-electron chi connectivity index (χ1n) is 5.04. The van der Waals surface area contributed by atoms with E-state index in [0.29, 0.717) is 17.3 Å². The summed E-state index contributed by atoms with van der Waals surface area (Å²) in [5.74, 6) is 0.0132. The smallest absolute Gasteiger partial charge is 0.333 e. The number of rotatable bonds is 3. The Balaban J connectivity index is 2.81. The zero-order valence-corrected chi connectivity index (χ0v) is 9.97. The number of hydrogen-bond donors (Lipinski definition) is 1. The van der Waals surface area contributed by atoms with Crippen LogP contribution in [0.3, 0.4) is 0 Å². The van der Waals surface area contributed by atoms with Crippen LogP contribution in [0.2, 0.25) is 0 Å². The molecule has 1 heterocycles. The number of carboxylic acids is 1. The molecule has 1 aromatic heterocycles. The fourth-order valence-electron chi connectivity index (χ4n) is 1.07. The van der Waals surface area contributed by atoms with Gasteiger partial charge in [-0.1, -0.05) is 0 Å². The van der Waals surface area contributed by atoms with E-state index in [0.717, 1.165) is 0 Å². The number of ether oxygens (including phenoxy) is 1. The van der Waals surface area contributed by atoms with E-state index in [9.17, 15) is 4.79 Å². The third-order valence-corrected chi connectivity index (χ3v) is 2.10. The Bertz CT molecular complexity index is 464. The maximum absolute atomic E-state index is 10.7. The van der Waals surface area contributed by atoms with Gasteiger partial charge in [0.05, 0.1) is 11.3 Å². The highest BCUT2D eigenvalue weighted by molar-refractivity contribution is 5.87. The summed E-state index contributed by atoms with van der Waals surface area (Å²) in [4.78, 5) is 18.6. The van der Waals surface area contributed by atoms with Crippen LogP contribution >= 0.6 is 0 Å². The zero-order valence-electron chi connectivity index (χ0n) is 9.97. The molecule has 90 valence electrons. The van der Waals surface area contributed by atoms with Crippen LogP contribution in [0, 0.1) is 0 Å². The highest BCUT2D eigenvalue weighted by atomic mass is 16.5. The molecule has 1 aromatic rings. The minimum absolute atomic E-state index is 0.197. The molecule has 1 N–H and O–H groups in total. The molecule has 0 spiro atoms. The molecule has 0 saturated carbocycles. The molecule has 5 heteroatoms. The van der Waals surface area contributed by atoms with Gasteiger partial charge >= 0.3 is 5.97 Å². The number of aromatic nitrogens is 1. The summed E-state index contributed by atoms with van der Waals surface area (Å²) in [5.41, 5.74) is 0.617. The van der Waals surface area contributed by atoms with Crippen molar-refractivity contribution in [2.24, 2.45) is 4.99 Å². The Morgan fingerprint density at radius 2 is 1.88 bits per heavy atom. The van der Waals surface area contributed by atoms with E-state index in [4.69, 9.17) is 9.84 Å². The Hall–Kier alpha value is -2.17. The molecule has 0 amide bonds. The lowest BCUT2D eigenvalue weighted by molar-refractivity contribution is -0.132. The van der Waals surface area contributed by atoms with Gasteiger partial charge in [0.15, 0.2) is 5.90 Å². The summed E-state index contributed by atoms with van der Waals surface area (Å²) in [6.07, 6.45) is 3.21. The molecule has 0 saturated heterocycles. The lowest BCUT2D eigenvalue weighted by Gasteiger charge is -2.05. The van der Waals surface area contributed by atoms with E-state index in [-0.39, 0.29) is 5.57 Å². The maximum atomic E-state index is 10.7. The standard InChI is InChI=1S/C12H14N2O3/c1-8(12(15)16)9(2)14-10(3)17-11-4-6-13-7-5-11/h4-7H,1-3H3,(H,15,16)/b9-8+,14-10+. The van der Waals surface area contributed by atoms with Gasteiger partial charge in [-0.3, -0.25) is 4.98 Å². The molecule has 0 aromatic carbocycles. The highest BCUT2D eigenvalue weighted by Crippen LogP contribution is 2.10. The second-order valence-corrected chi connectivity index (χ2v) is 3.43. The van der Waals surface area contributed by atoms with Crippen molar-refractivity contribution < 1.29 is 14.6 Å². The molecule has 0 radical (unpaired) electrons. The van der Waals surface area contributed by atoms with Gasteiger partial charge in [0.1, 0.15) is 5.75 Å². The number of aliphatic carboxylic acids is 1. The summed E-state index contributed by atoms with van der Waals surface area (Å²) in [5, 5.41) is 8.78. The fourth-order valence-corrected chi connectivity index (χ4v) is 1.07. The molecule has 0 bridgehead atoms. The Labute approximate surface area is 99.5 Å². The van der Waals surface area contributed by atoms with E-state index in [2.05, 4.69) is 9.98 Å². The van der Waals surface area contributed by atoms with Crippen LogP contribution in [0.4, 0.5) is 0 Å². The second-order valence-electron chi connectivity index (χ2n) is 3.43. The maximum Gasteiger partial charge on any atom is 0.333 e. The molecule has 0 aliphatic rings. The first kappa shape index (κ1) is 12.9. The van der Waals surface area contributed by atoms with E-state index in [1.807, 2.05) is 0 Å². The Morgan fingerprint density at radius 3 is 2.41 bits per heavy atom. The first-order chi connectivity index (χ1) is 8.00. The van der Waals surface area contributed by atoms with E-state index in [1.165, 1.54) is 6.92 Å². The number of nitrogens with zero attached hydrogens (tertiary/aromatic N) is 2. The van der Waals surface area contributed by atoms with Gasteiger partial charge in [-0.05, 0) is 26.0 Å². The Morgan fingerprint density at radius 1 is 1.29 bits per heavy atom. The van der Waals surface area contributed by atoms with Crippen molar-refractivity contribution in [1.82, 2.24) is 4.98 Å². The van der Waals surface area contributed by atoms with Gasteiger partial charge in [0, 0.05) is 19.3 Å². The predicted molar refractivity (Wildman–Crippen MR) is 64.0 cm³/mol. The monoisotopic (exact) mass is 234 g/mol. The molecular weight excluding hydrogens is 220 g/mol. The SMILES string of the molecule is C/C(=N\C(C)=C(/C)C(=O)O)Oc1ccncc1. The van der Waals surface area contributed by atoms with Crippen LogP contribution in [0.25, 0.3) is 0 Å². The van der Waals surface area contributed by atoms with Crippen molar-refractivity contribution >= 4 is 11.9 Å². The molecule has 0 unspecified atom stereocenters. The number of hydrogen-bond acceptors (Lipinski definition) is 4. The predicted octanol–water partition coefficient (Wildman–Crippen LogP) is 2.26. The minimum atomic E-state index is -0.983. The van der Waals surface area contributed by atoms with Crippen LogP contribution in [-0.2, 0) is 4.79 Å². The van der Waals surface area contributed by atoms with Crippen molar-refractivity contribution in [2.45, 2.75) is 20.8 Å². The summed E-state index contributed by atoms with van der Waals surface area (Å²) in [6, 6.07) is 3.39. The average Bonchev–Trinajstić information content (AvgIpc) is 2.28. The third-order valence-electron chi connectivity index (χ3n) is 2.10. The largest absolute Gasteiger partial charge is 0.478 e. The van der Waals surface area contributed by atoms with Gasteiger partial charge < -0.3 is 9.84 Å². The first-order valence-corrected chi connectivity index (χ1v) is 5.04. The molecule has 0 aliphatic carbocycles. The second kappa shape index (κ2) is 5.79. The van der Waals surface area contributed by atoms with Crippen LogP contribution < -0.4 is 4.74 Å². The quantitative estimate of drug-likeness (QED) is 0.494. The normalized spacial score (nSPS) is 13.0. The lowest BCUT2D eigenvalue weighted by Crippen LogP contribution is -2.05. The number of pyridine rings is 1. The van der Waals surface area contributed by atoms with Crippen molar-refractivity contribution in [3.63, 3.8) is 0 Å². The number of aliphatic imine (C=N–C) groups is 1. The van der Waals surface area contributed by atoms with Crippen LogP contribution in [0.5, 0.6) is 5.75 Å². The van der Waals surface area contributed by atoms with Crippen LogP contribution in [0.1, 0.15) is 20.8 Å². The van der Waals surface area contributed by atoms with E-state index < -0.39 is 5.97 Å². The fraction of sp³-hybridized carbons (Fsp3) is 0.250. The molecule has 0 fully saturated rings. The van der Waals surface area contributed by atoms with E-state index >= 15 is 0 Å². The summed E-state index contributed by atoms with van der Waals surface area (Å²) >= 11 is 0. The topological polar surface area (TPSA) is 71.8 Å². The zero-order chi connectivity index (χ0) is 12.8. The molecule has 5 nitrogen and oxygen atoms in total. The molecule has 1 rings (SSSR count). The summed E-state index contributed by atoms with van der Waals surface area (Å²) in [7, 11) is 0. The van der Waals surface area contributed by atoms with Gasteiger partial charge in [-0.25, -0.2) is 9.79 Å². The molecular formula is C12H14N2O3. The third kappa shape index (κ3) is 4.06. The van der Waals surface area contributed by atoms with E-state index in [1.54, 1.807) is 38.4 Å². The lowest BCUT2D eigenvalue weighted by atomic mass is 10.2. The summed E-state index contributed by atoms with van der Waals surface area (Å²) < 4.78 is 5.40. The van der Waals surface area contributed by atoms with Gasteiger partial charge in [-0.15, -0.1) is 0 Å². The van der Waals surface area contributed by atoms with Gasteiger partial charge in [0.25, 0.3) is 0 Å². The highest BCUT2D eigenvalue weighted by Gasteiger charge is 2.05. The van der Waals surface area contributed by atoms with Crippen molar-refractivity contribution in [3.8, 4) is 5.75 Å². The number of carbonyl (C=O) groups is 1. The van der Waals surface area contributed by atoms with Gasteiger partial charge in [-0.2, -0.15) is 0 Å². The summed E-state index contributed by atoms with van der Waals surface area (Å²) in [6.45, 7) is 4.79. The molecule has 17 heavy (non-hydrogen) atoms. The van der Waals surface area contributed by atoms with Crippen LogP contribution in [0.15, 0.2) is 40.8 Å². The minimum Gasteiger partial charge on any atom is -0.478 e. The van der Waals surface area contributed by atoms with Crippen molar-refractivity contribution in [1.29, 1.82) is 0 Å². The van der Waals surface area contributed by atoms with Crippen molar-refractivity contribution in [3.05, 3.63) is 35.8 Å². The van der Waals surface area contributed by atoms with Crippen molar-refractivity contribution in [2.75, 3.05) is 0 Å². The number of allylic oxidation sites excluding steroid dienone is 1. The van der Waals surface area contributed by atoms with Crippen LogP contribution in [-0.4, -0.2) is 22.0 Å². The Kier molecular flexibility index (Phi) is 4.39. The van der Waals surface area contributed by atoms with Gasteiger partial charge in [0.2, 0.25) is 0 Å². The molecule has 0 atom stereocenters. The average molecular weight is 234 g/mol.